The second kappa shape index (κ2) is 19.5. The van der Waals surface area contributed by atoms with Crippen LogP contribution >= 0.6 is 0 Å². The molecule has 0 amide bonds. The fraction of sp³-hybridized carbons (Fsp3) is 0.111. The molecule has 7 heteroatoms. The summed E-state index contributed by atoms with van der Waals surface area (Å²) < 4.78 is 28.2. The van der Waals surface area contributed by atoms with Crippen LogP contribution in [0.1, 0.15) is 33.1 Å². The molecule has 9 aromatic rings. The molecule has 0 saturated carbocycles. The van der Waals surface area contributed by atoms with E-state index in [2.05, 4.69) is 150 Å². The van der Waals surface area contributed by atoms with Crippen LogP contribution in [0.3, 0.4) is 0 Å². The van der Waals surface area contributed by atoms with Gasteiger partial charge in [0.05, 0.1) is 5.54 Å². The summed E-state index contributed by atoms with van der Waals surface area (Å²) in [5, 5.41) is 2.29. The van der Waals surface area contributed by atoms with E-state index in [-0.39, 0.29) is 0 Å². The highest BCUT2D eigenvalue weighted by Crippen LogP contribution is 2.45. The normalized spacial score (nSPS) is 15.3. The molecule has 1 heterocycles. The lowest BCUT2D eigenvalue weighted by atomic mass is 9.89. The Labute approximate surface area is 409 Å². The van der Waals surface area contributed by atoms with E-state index in [9.17, 15) is 0 Å². The molecule has 0 bridgehead atoms. The van der Waals surface area contributed by atoms with E-state index in [1.807, 2.05) is 115 Å². The predicted octanol–water partition coefficient (Wildman–Crippen LogP) is 17.3. The van der Waals surface area contributed by atoms with E-state index < -0.39 is 5.54 Å². The van der Waals surface area contributed by atoms with Gasteiger partial charge in [-0.05, 0) is 167 Å². The minimum absolute atomic E-state index is 0.535. The third-order valence-electron chi connectivity index (χ3n) is 12.8. The quantitative estimate of drug-likeness (QED) is 0.102. The van der Waals surface area contributed by atoms with Crippen molar-refractivity contribution in [2.45, 2.75) is 45.2 Å². The van der Waals surface area contributed by atoms with Crippen molar-refractivity contribution in [3.05, 3.63) is 248 Å². The Balaban J connectivity index is 1.05. The van der Waals surface area contributed by atoms with Crippen molar-refractivity contribution in [1.82, 2.24) is 4.57 Å². The second-order valence-electron chi connectivity index (χ2n) is 17.8. The molecule has 0 fully saturated rings. The van der Waals surface area contributed by atoms with Crippen molar-refractivity contribution in [3.63, 3.8) is 0 Å². The topological polar surface area (TPSA) is 48.3 Å². The molecular weight excluding hydrogens is 863 g/mol. The molecule has 2 aliphatic rings. The summed E-state index contributed by atoms with van der Waals surface area (Å²) >= 11 is 0. The van der Waals surface area contributed by atoms with Gasteiger partial charge in [-0.25, -0.2) is 0 Å². The molecule has 1 atom stereocenters. The van der Waals surface area contributed by atoms with E-state index >= 15 is 0 Å². The standard InChI is InChI=1S/C63H53N3O4/c1-3-64-61-37-35-48(65(46-20-16-31-55(40-46)67-51-23-8-4-9-24-51)47-21-17-32-56(41-47)68-52-25-10-5-11-26-52)43-59(61)60-44-50(36-38-62(60)64)66(49-22-18-33-57(42-49)69-53-27-12-6-13-28-53)63(2)39-19-34-58(45-63)70-54-29-14-7-15-30-54/h4,6-10,12-38,40-45H,3,5,11,39H2,1-2H3. The number of hydrogen-bond donors (Lipinski definition) is 0. The SMILES string of the molecule is CCn1c2ccc(N(c3cccc(OC4=CCCC=C4)c3)c3cccc(Oc4ccccc4)c3)cc2c2cc(N(c3cccc(Oc4ccccc4)c3)C3(C)C=C(Oc4ccccc4)C=CC3)ccc21. The van der Waals surface area contributed by atoms with Crippen LogP contribution in [-0.2, 0) is 6.54 Å². The largest absolute Gasteiger partial charge is 0.458 e. The van der Waals surface area contributed by atoms with Crippen LogP contribution in [0.5, 0.6) is 34.5 Å². The smallest absolute Gasteiger partial charge is 0.129 e. The number of benzene rings is 8. The maximum absolute atomic E-state index is 6.51. The molecular formula is C63H53N3O4. The van der Waals surface area contributed by atoms with E-state index in [0.29, 0.717) is 0 Å². The Morgan fingerprint density at radius 2 is 0.900 bits per heavy atom. The number of nitrogens with zero attached hydrogens (tertiary/aromatic N) is 3. The summed E-state index contributed by atoms with van der Waals surface area (Å²) in [5.41, 5.74) is 6.71. The highest BCUT2D eigenvalue weighted by atomic mass is 16.5. The van der Waals surface area contributed by atoms with E-state index in [1.54, 1.807) is 0 Å². The Morgan fingerprint density at radius 3 is 1.47 bits per heavy atom. The van der Waals surface area contributed by atoms with Gasteiger partial charge in [-0.2, -0.15) is 0 Å². The van der Waals surface area contributed by atoms with E-state index in [0.717, 1.165) is 122 Å². The number of aryl methyl sites for hydroxylation is 1. The van der Waals surface area contributed by atoms with Crippen LogP contribution in [0, 0.1) is 0 Å². The number of ether oxygens (including phenoxy) is 4. The lowest BCUT2D eigenvalue weighted by Crippen LogP contribution is -2.43. The van der Waals surface area contributed by atoms with Crippen molar-refractivity contribution in [2.75, 3.05) is 9.80 Å². The predicted molar refractivity (Wildman–Crippen MR) is 286 cm³/mol. The molecule has 1 aromatic heterocycles. The molecule has 0 radical (unpaired) electrons. The summed E-state index contributed by atoms with van der Waals surface area (Å²) in [6.07, 6.45) is 15.6. The molecule has 0 aliphatic heterocycles. The number of aromatic nitrogens is 1. The zero-order valence-corrected chi connectivity index (χ0v) is 39.3. The van der Waals surface area contributed by atoms with Gasteiger partial charge in [-0.1, -0.05) is 84.9 Å². The third kappa shape index (κ3) is 9.30. The van der Waals surface area contributed by atoms with Crippen LogP contribution in [0.25, 0.3) is 21.8 Å². The van der Waals surface area contributed by atoms with Gasteiger partial charge >= 0.3 is 0 Å². The molecule has 7 nitrogen and oxygen atoms in total. The van der Waals surface area contributed by atoms with Crippen molar-refractivity contribution in [2.24, 2.45) is 0 Å². The molecule has 11 rings (SSSR count). The minimum Gasteiger partial charge on any atom is -0.458 e. The van der Waals surface area contributed by atoms with Crippen LogP contribution in [0.4, 0.5) is 28.4 Å². The summed E-state index contributed by atoms with van der Waals surface area (Å²) in [4.78, 5) is 4.71. The summed E-state index contributed by atoms with van der Waals surface area (Å²) in [5.74, 6) is 6.25. The Morgan fingerprint density at radius 1 is 0.443 bits per heavy atom. The number of anilines is 5. The fourth-order valence-corrected chi connectivity index (χ4v) is 9.66. The first kappa shape index (κ1) is 43.9. The highest BCUT2D eigenvalue weighted by Gasteiger charge is 2.34. The van der Waals surface area contributed by atoms with Crippen molar-refractivity contribution >= 4 is 50.2 Å². The lowest BCUT2D eigenvalue weighted by Gasteiger charge is -2.42. The van der Waals surface area contributed by atoms with Crippen LogP contribution in [0.2, 0.25) is 0 Å². The maximum atomic E-state index is 6.51. The monoisotopic (exact) mass is 915 g/mol. The number of rotatable bonds is 15. The first-order valence-corrected chi connectivity index (χ1v) is 24.1. The molecule has 1 unspecified atom stereocenters. The van der Waals surface area contributed by atoms with Crippen molar-refractivity contribution in [1.29, 1.82) is 0 Å². The fourth-order valence-electron chi connectivity index (χ4n) is 9.66. The van der Waals surface area contributed by atoms with E-state index in [1.165, 1.54) is 0 Å². The molecule has 0 N–H and O–H groups in total. The zero-order chi connectivity index (χ0) is 47.3. The van der Waals surface area contributed by atoms with Crippen LogP contribution in [0.15, 0.2) is 248 Å². The molecule has 0 saturated heterocycles. The Bertz CT molecular complexity index is 3430. The van der Waals surface area contributed by atoms with Crippen molar-refractivity contribution < 1.29 is 18.9 Å². The van der Waals surface area contributed by atoms with Gasteiger partial charge in [-0.15, -0.1) is 0 Å². The number of allylic oxidation sites excluding steroid dienone is 4. The number of para-hydroxylation sites is 3. The van der Waals surface area contributed by atoms with Crippen LogP contribution < -0.4 is 28.7 Å². The molecule has 0 spiro atoms. The Kier molecular flexibility index (Phi) is 12.2. The van der Waals surface area contributed by atoms with Gasteiger partial charge in [0.25, 0.3) is 0 Å². The first-order chi connectivity index (χ1) is 34.5. The van der Waals surface area contributed by atoms with E-state index in [4.69, 9.17) is 18.9 Å². The van der Waals surface area contributed by atoms with Gasteiger partial charge in [-0.3, -0.25) is 0 Å². The number of hydrogen-bond acceptors (Lipinski definition) is 6. The third-order valence-corrected chi connectivity index (χ3v) is 12.8. The molecule has 70 heavy (non-hydrogen) atoms. The van der Waals surface area contributed by atoms with Gasteiger partial charge in [0.2, 0.25) is 0 Å². The summed E-state index contributed by atoms with van der Waals surface area (Å²) in [7, 11) is 0. The number of fused-ring (bicyclic) bond motifs is 3. The molecule has 344 valence electrons. The summed E-state index contributed by atoms with van der Waals surface area (Å²) in [6, 6.07) is 68.5. The maximum Gasteiger partial charge on any atom is 0.129 e. The minimum atomic E-state index is -0.535. The van der Waals surface area contributed by atoms with Gasteiger partial charge in [0, 0.05) is 75.0 Å². The second-order valence-corrected chi connectivity index (χ2v) is 17.8. The first-order valence-electron chi connectivity index (χ1n) is 24.1. The lowest BCUT2D eigenvalue weighted by molar-refractivity contribution is 0.422. The van der Waals surface area contributed by atoms with Gasteiger partial charge < -0.3 is 33.3 Å². The summed E-state index contributed by atoms with van der Waals surface area (Å²) in [6.45, 7) is 5.30. The average Bonchev–Trinajstić information content (AvgIpc) is 3.70. The molecule has 2 aliphatic carbocycles. The van der Waals surface area contributed by atoms with Crippen molar-refractivity contribution in [3.8, 4) is 34.5 Å². The average molecular weight is 916 g/mol. The van der Waals surface area contributed by atoms with Crippen LogP contribution in [-0.4, -0.2) is 10.1 Å². The molecule has 8 aromatic carbocycles. The Hall–Kier alpha value is -8.68. The zero-order valence-electron chi connectivity index (χ0n) is 39.3. The van der Waals surface area contributed by atoms with Gasteiger partial charge in [0.1, 0.15) is 46.0 Å². The van der Waals surface area contributed by atoms with Gasteiger partial charge in [0.15, 0.2) is 0 Å². The highest BCUT2D eigenvalue weighted by molar-refractivity contribution is 6.11.